The number of nitrogens with zero attached hydrogens (tertiary/aromatic N) is 1. The zero-order valence-corrected chi connectivity index (χ0v) is 15.8. The third-order valence-corrected chi connectivity index (χ3v) is 4.86. The van der Waals surface area contributed by atoms with Crippen LogP contribution in [0.1, 0.15) is 54.0 Å². The number of nitriles is 1. The standard InChI is InChI=1S/C22H24N2O4/c1-2-15-11-17(16-5-6-16)12-19(21(15)28-10-9-25)20(22(26)27)24-18-7-3-14(13-23)4-8-18/h3-4,7-8,11-12,16,20,24-25H,2,5-6,9-10H2,1H3,(H,26,27)/p-1. The van der Waals surface area contributed by atoms with Crippen molar-refractivity contribution in [1.82, 2.24) is 0 Å². The molecule has 0 aliphatic heterocycles. The van der Waals surface area contributed by atoms with Gasteiger partial charge < -0.3 is 25.1 Å². The van der Waals surface area contributed by atoms with E-state index in [2.05, 4.69) is 11.4 Å². The number of aliphatic hydroxyl groups excluding tert-OH is 1. The zero-order chi connectivity index (χ0) is 20.1. The molecule has 2 N–H and O–H groups in total. The minimum atomic E-state index is -1.27. The molecule has 0 saturated heterocycles. The van der Waals surface area contributed by atoms with Crippen LogP contribution in [0.5, 0.6) is 5.75 Å². The number of hydrogen-bond donors (Lipinski definition) is 2. The molecule has 2 aromatic rings. The number of anilines is 1. The molecule has 0 bridgehead atoms. The Kier molecular flexibility index (Phi) is 6.17. The van der Waals surface area contributed by atoms with Crippen molar-refractivity contribution in [3.8, 4) is 11.8 Å². The van der Waals surface area contributed by atoms with Crippen LogP contribution in [0.15, 0.2) is 36.4 Å². The second-order valence-electron chi connectivity index (χ2n) is 6.88. The molecule has 146 valence electrons. The number of carboxylic acid groups (broad SMARTS) is 1. The van der Waals surface area contributed by atoms with Crippen LogP contribution in [0.4, 0.5) is 5.69 Å². The molecule has 3 rings (SSSR count). The summed E-state index contributed by atoms with van der Waals surface area (Å²) in [5.41, 5.74) is 3.58. The van der Waals surface area contributed by atoms with Crippen molar-refractivity contribution in [2.75, 3.05) is 18.5 Å². The molecular formula is C22H23N2O4-. The maximum atomic E-state index is 12.0. The Morgan fingerprint density at radius 2 is 2.07 bits per heavy atom. The molecule has 1 fully saturated rings. The third kappa shape index (κ3) is 4.44. The van der Waals surface area contributed by atoms with Gasteiger partial charge in [0, 0.05) is 11.3 Å². The molecule has 0 spiro atoms. The number of rotatable bonds is 9. The lowest BCUT2D eigenvalue weighted by molar-refractivity contribution is -0.307. The number of carbonyl (C=O) groups is 1. The first-order chi connectivity index (χ1) is 13.6. The van der Waals surface area contributed by atoms with E-state index in [9.17, 15) is 15.0 Å². The van der Waals surface area contributed by atoms with E-state index in [0.29, 0.717) is 34.9 Å². The van der Waals surface area contributed by atoms with Crippen LogP contribution in [0.25, 0.3) is 0 Å². The molecule has 28 heavy (non-hydrogen) atoms. The molecule has 0 radical (unpaired) electrons. The van der Waals surface area contributed by atoms with E-state index in [1.165, 1.54) is 0 Å². The average Bonchev–Trinajstić information content (AvgIpc) is 3.55. The van der Waals surface area contributed by atoms with Crippen LogP contribution in [0.3, 0.4) is 0 Å². The van der Waals surface area contributed by atoms with Gasteiger partial charge in [-0.15, -0.1) is 0 Å². The number of carboxylic acids is 1. The SMILES string of the molecule is CCc1cc(C2CC2)cc(C(Nc2ccc(C#N)cc2)C(=O)[O-])c1OCCO. The monoisotopic (exact) mass is 379 g/mol. The molecule has 1 unspecified atom stereocenters. The number of aryl methyl sites for hydroxylation is 1. The van der Waals surface area contributed by atoms with Crippen LogP contribution < -0.4 is 15.2 Å². The molecule has 0 heterocycles. The highest BCUT2D eigenvalue weighted by Gasteiger charge is 2.28. The van der Waals surface area contributed by atoms with Crippen molar-refractivity contribution in [3.63, 3.8) is 0 Å². The van der Waals surface area contributed by atoms with Gasteiger partial charge in [-0.05, 0) is 66.6 Å². The summed E-state index contributed by atoms with van der Waals surface area (Å²) in [4.78, 5) is 12.0. The Hall–Kier alpha value is -3.04. The fourth-order valence-electron chi connectivity index (χ4n) is 3.26. The summed E-state index contributed by atoms with van der Waals surface area (Å²) in [6, 6.07) is 11.4. The van der Waals surface area contributed by atoms with E-state index in [0.717, 1.165) is 24.0 Å². The molecule has 6 nitrogen and oxygen atoms in total. The number of carbonyl (C=O) groups excluding carboxylic acids is 1. The first-order valence-electron chi connectivity index (χ1n) is 9.45. The predicted molar refractivity (Wildman–Crippen MR) is 103 cm³/mol. The van der Waals surface area contributed by atoms with E-state index < -0.39 is 12.0 Å². The Labute approximate surface area is 164 Å². The second-order valence-corrected chi connectivity index (χ2v) is 6.88. The van der Waals surface area contributed by atoms with Crippen LogP contribution in [-0.2, 0) is 11.2 Å². The number of aliphatic hydroxyl groups is 1. The summed E-state index contributed by atoms with van der Waals surface area (Å²) < 4.78 is 5.74. The van der Waals surface area contributed by atoms with Crippen LogP contribution in [0.2, 0.25) is 0 Å². The van der Waals surface area contributed by atoms with Gasteiger partial charge in [0.05, 0.1) is 30.3 Å². The van der Waals surface area contributed by atoms with Gasteiger partial charge >= 0.3 is 0 Å². The maximum Gasteiger partial charge on any atom is 0.128 e. The Bertz CT molecular complexity index is 883. The van der Waals surface area contributed by atoms with E-state index in [1.54, 1.807) is 24.3 Å². The van der Waals surface area contributed by atoms with Crippen LogP contribution in [-0.4, -0.2) is 24.3 Å². The Balaban J connectivity index is 2.02. The molecule has 1 aliphatic carbocycles. The molecule has 2 aromatic carbocycles. The lowest BCUT2D eigenvalue weighted by Gasteiger charge is -2.26. The van der Waals surface area contributed by atoms with E-state index in [1.807, 2.05) is 19.1 Å². The minimum absolute atomic E-state index is 0.0827. The molecular weight excluding hydrogens is 356 g/mol. The smallest absolute Gasteiger partial charge is 0.128 e. The first kappa shape index (κ1) is 19.7. The quantitative estimate of drug-likeness (QED) is 0.692. The number of benzene rings is 2. The Morgan fingerprint density at radius 3 is 2.61 bits per heavy atom. The van der Waals surface area contributed by atoms with Crippen molar-refractivity contribution in [2.45, 2.75) is 38.1 Å². The van der Waals surface area contributed by atoms with Crippen LogP contribution >= 0.6 is 0 Å². The lowest BCUT2D eigenvalue weighted by Crippen LogP contribution is -2.35. The Morgan fingerprint density at radius 1 is 1.36 bits per heavy atom. The highest BCUT2D eigenvalue weighted by Crippen LogP contribution is 2.44. The summed E-state index contributed by atoms with van der Waals surface area (Å²) >= 11 is 0. The van der Waals surface area contributed by atoms with Gasteiger partial charge in [-0.3, -0.25) is 0 Å². The zero-order valence-electron chi connectivity index (χ0n) is 15.8. The normalized spacial score (nSPS) is 14.2. The van der Waals surface area contributed by atoms with E-state index in [-0.39, 0.29) is 13.2 Å². The van der Waals surface area contributed by atoms with Crippen molar-refractivity contribution in [3.05, 3.63) is 58.7 Å². The maximum absolute atomic E-state index is 12.0. The summed E-state index contributed by atoms with van der Waals surface area (Å²) in [5, 5.41) is 33.1. The largest absolute Gasteiger partial charge is 0.548 e. The third-order valence-electron chi connectivity index (χ3n) is 4.86. The highest BCUT2D eigenvalue weighted by atomic mass is 16.5. The van der Waals surface area contributed by atoms with Crippen molar-refractivity contribution in [1.29, 1.82) is 5.26 Å². The minimum Gasteiger partial charge on any atom is -0.548 e. The summed E-state index contributed by atoms with van der Waals surface area (Å²) in [7, 11) is 0. The predicted octanol–water partition coefficient (Wildman–Crippen LogP) is 2.27. The topological polar surface area (TPSA) is 105 Å². The van der Waals surface area contributed by atoms with Crippen molar-refractivity contribution in [2.24, 2.45) is 0 Å². The van der Waals surface area contributed by atoms with Gasteiger partial charge in [0.2, 0.25) is 0 Å². The fourth-order valence-corrected chi connectivity index (χ4v) is 3.26. The van der Waals surface area contributed by atoms with Crippen molar-refractivity contribution < 1.29 is 19.7 Å². The molecule has 0 aromatic heterocycles. The lowest BCUT2D eigenvalue weighted by atomic mass is 9.95. The molecule has 1 aliphatic rings. The molecule has 6 heteroatoms. The fraction of sp³-hybridized carbons (Fsp3) is 0.364. The second kappa shape index (κ2) is 8.77. The summed E-state index contributed by atoms with van der Waals surface area (Å²) in [5.74, 6) is -0.335. The van der Waals surface area contributed by atoms with Crippen molar-refractivity contribution >= 4 is 11.7 Å². The van der Waals surface area contributed by atoms with Gasteiger partial charge in [0.25, 0.3) is 0 Å². The van der Waals surface area contributed by atoms with Gasteiger partial charge in [0.1, 0.15) is 12.4 Å². The number of hydrogen-bond acceptors (Lipinski definition) is 6. The van der Waals surface area contributed by atoms with Gasteiger partial charge in [-0.1, -0.05) is 13.0 Å². The summed E-state index contributed by atoms with van der Waals surface area (Å²) in [6.45, 7) is 1.91. The first-order valence-corrected chi connectivity index (χ1v) is 9.45. The van der Waals surface area contributed by atoms with Gasteiger partial charge in [-0.25, -0.2) is 0 Å². The molecule has 1 saturated carbocycles. The van der Waals surface area contributed by atoms with Gasteiger partial charge in [-0.2, -0.15) is 5.26 Å². The van der Waals surface area contributed by atoms with Gasteiger partial charge in [0.15, 0.2) is 0 Å². The number of aliphatic carboxylic acids is 1. The molecule has 1 atom stereocenters. The van der Waals surface area contributed by atoms with E-state index >= 15 is 0 Å². The summed E-state index contributed by atoms with van der Waals surface area (Å²) in [6.07, 6.45) is 2.88. The highest BCUT2D eigenvalue weighted by molar-refractivity contribution is 5.79. The molecule has 0 amide bonds. The average molecular weight is 379 g/mol. The number of ether oxygens (including phenoxy) is 1. The number of nitrogens with one attached hydrogen (secondary N) is 1. The van der Waals surface area contributed by atoms with E-state index in [4.69, 9.17) is 10.00 Å². The van der Waals surface area contributed by atoms with Crippen LogP contribution in [0, 0.1) is 11.3 Å².